The van der Waals surface area contributed by atoms with Crippen molar-refractivity contribution in [1.29, 1.82) is 0 Å². The predicted molar refractivity (Wildman–Crippen MR) is 307 cm³/mol. The van der Waals surface area contributed by atoms with Crippen molar-refractivity contribution in [2.24, 2.45) is 0 Å². The Balaban J connectivity index is 3.95. The van der Waals surface area contributed by atoms with Gasteiger partial charge in [-0.3, -0.25) is 14.4 Å². The lowest BCUT2D eigenvalue weighted by Crippen LogP contribution is -2.30. The fraction of sp³-hybridized carbons (Fsp3) is 0.954. The molecule has 6 nitrogen and oxygen atoms in total. The van der Waals surface area contributed by atoms with Crippen LogP contribution in [0.5, 0.6) is 0 Å². The van der Waals surface area contributed by atoms with E-state index in [1.54, 1.807) is 0 Å². The molecule has 71 heavy (non-hydrogen) atoms. The Labute approximate surface area is 444 Å². The summed E-state index contributed by atoms with van der Waals surface area (Å²) in [6.07, 6.45) is 70.3. The summed E-state index contributed by atoms with van der Waals surface area (Å²) in [6.45, 7) is 6.64. The normalized spacial score (nSPS) is 11.9. The predicted octanol–water partition coefficient (Wildman–Crippen LogP) is 21.9. The highest BCUT2D eigenvalue weighted by atomic mass is 16.6. The first-order valence-electron chi connectivity index (χ1n) is 32.5. The van der Waals surface area contributed by atoms with E-state index in [9.17, 15) is 14.4 Å². The number of hydrogen-bond donors (Lipinski definition) is 0. The van der Waals surface area contributed by atoms with Crippen molar-refractivity contribution in [3.05, 3.63) is 0 Å². The molecule has 0 bridgehead atoms. The van der Waals surface area contributed by atoms with Crippen LogP contribution in [0.3, 0.4) is 0 Å². The maximum Gasteiger partial charge on any atom is 0.306 e. The van der Waals surface area contributed by atoms with Crippen LogP contribution in [0.1, 0.15) is 380 Å². The van der Waals surface area contributed by atoms with Gasteiger partial charge in [-0.1, -0.05) is 342 Å². The van der Waals surface area contributed by atoms with Crippen LogP contribution in [0.2, 0.25) is 0 Å². The van der Waals surface area contributed by atoms with Gasteiger partial charge in [-0.05, 0) is 19.3 Å². The molecule has 0 aromatic carbocycles. The van der Waals surface area contributed by atoms with E-state index in [0.717, 1.165) is 64.2 Å². The molecular formula is C65H126O6. The Kier molecular flexibility index (Phi) is 59.6. The average molecular weight is 1000 g/mol. The number of unbranched alkanes of at least 4 members (excludes halogenated alkanes) is 50. The highest BCUT2D eigenvalue weighted by Crippen LogP contribution is 2.19. The lowest BCUT2D eigenvalue weighted by molar-refractivity contribution is -0.167. The summed E-state index contributed by atoms with van der Waals surface area (Å²) < 4.78 is 16.8. The molecule has 0 aliphatic rings. The zero-order valence-corrected chi connectivity index (χ0v) is 48.5. The Morgan fingerprint density at radius 2 is 0.380 bits per heavy atom. The molecule has 0 aliphatic heterocycles. The van der Waals surface area contributed by atoms with E-state index in [2.05, 4.69) is 20.8 Å². The van der Waals surface area contributed by atoms with E-state index in [1.807, 2.05) is 0 Å². The SMILES string of the molecule is CCCCCCCCCCCCCCCCCCCCCCCCCCC(=O)OCC(COC(=O)CCCCCCC)OC(=O)CCCCCCCCCCCCCCCCCCCCCCCCCC. The quantitative estimate of drug-likeness (QED) is 0.0343. The molecule has 0 saturated carbocycles. The molecule has 0 aromatic heterocycles. The Hall–Kier alpha value is -1.59. The Morgan fingerprint density at radius 3 is 0.563 bits per heavy atom. The van der Waals surface area contributed by atoms with Gasteiger partial charge in [-0.15, -0.1) is 0 Å². The van der Waals surface area contributed by atoms with Gasteiger partial charge in [0.25, 0.3) is 0 Å². The molecule has 6 heteroatoms. The summed E-state index contributed by atoms with van der Waals surface area (Å²) in [5.41, 5.74) is 0. The summed E-state index contributed by atoms with van der Waals surface area (Å²) in [5.74, 6) is -0.846. The number of hydrogen-bond acceptors (Lipinski definition) is 6. The lowest BCUT2D eigenvalue weighted by Gasteiger charge is -2.18. The molecule has 0 heterocycles. The molecule has 0 spiro atoms. The zero-order chi connectivity index (χ0) is 51.4. The second kappa shape index (κ2) is 61.0. The topological polar surface area (TPSA) is 78.9 Å². The van der Waals surface area contributed by atoms with E-state index in [-0.39, 0.29) is 31.1 Å². The fourth-order valence-corrected chi connectivity index (χ4v) is 10.2. The van der Waals surface area contributed by atoms with Crippen molar-refractivity contribution in [2.45, 2.75) is 386 Å². The van der Waals surface area contributed by atoms with Crippen LogP contribution >= 0.6 is 0 Å². The molecule has 0 radical (unpaired) electrons. The van der Waals surface area contributed by atoms with Crippen LogP contribution in [0, 0.1) is 0 Å². The largest absolute Gasteiger partial charge is 0.462 e. The monoisotopic (exact) mass is 1000 g/mol. The molecule has 0 saturated heterocycles. The van der Waals surface area contributed by atoms with E-state index < -0.39 is 6.10 Å². The highest BCUT2D eigenvalue weighted by molar-refractivity contribution is 5.71. The van der Waals surface area contributed by atoms with Gasteiger partial charge < -0.3 is 14.2 Å². The highest BCUT2D eigenvalue weighted by Gasteiger charge is 2.19. The first-order chi connectivity index (χ1) is 35.0. The van der Waals surface area contributed by atoms with Gasteiger partial charge in [0.2, 0.25) is 0 Å². The summed E-state index contributed by atoms with van der Waals surface area (Å²) in [4.78, 5) is 37.9. The van der Waals surface area contributed by atoms with Gasteiger partial charge in [-0.2, -0.15) is 0 Å². The first-order valence-corrected chi connectivity index (χ1v) is 32.5. The minimum atomic E-state index is -0.760. The van der Waals surface area contributed by atoms with Crippen molar-refractivity contribution in [2.75, 3.05) is 13.2 Å². The number of esters is 3. The molecule has 0 aromatic rings. The second-order valence-electron chi connectivity index (χ2n) is 22.4. The van der Waals surface area contributed by atoms with Gasteiger partial charge in [0.15, 0.2) is 6.10 Å². The molecule has 0 aliphatic carbocycles. The van der Waals surface area contributed by atoms with Crippen LogP contribution in [0.4, 0.5) is 0 Å². The number of ether oxygens (including phenoxy) is 3. The van der Waals surface area contributed by atoms with Gasteiger partial charge >= 0.3 is 17.9 Å². The van der Waals surface area contributed by atoms with Gasteiger partial charge in [0.1, 0.15) is 13.2 Å². The first kappa shape index (κ1) is 69.4. The third-order valence-corrected chi connectivity index (χ3v) is 15.1. The van der Waals surface area contributed by atoms with Crippen LogP contribution in [-0.2, 0) is 28.6 Å². The van der Waals surface area contributed by atoms with Crippen LogP contribution in [0.25, 0.3) is 0 Å². The van der Waals surface area contributed by atoms with Crippen LogP contribution in [-0.4, -0.2) is 37.2 Å². The lowest BCUT2D eigenvalue weighted by atomic mass is 10.0. The summed E-state index contributed by atoms with van der Waals surface area (Å²) in [5, 5.41) is 0. The summed E-state index contributed by atoms with van der Waals surface area (Å²) in [7, 11) is 0. The smallest absolute Gasteiger partial charge is 0.306 e. The maximum absolute atomic E-state index is 12.8. The maximum atomic E-state index is 12.8. The molecular weight excluding hydrogens is 877 g/mol. The van der Waals surface area contributed by atoms with E-state index in [4.69, 9.17) is 14.2 Å². The van der Waals surface area contributed by atoms with E-state index in [1.165, 1.54) is 276 Å². The number of rotatable bonds is 61. The second-order valence-corrected chi connectivity index (χ2v) is 22.4. The molecule has 0 N–H and O–H groups in total. The molecule has 0 rings (SSSR count). The summed E-state index contributed by atoms with van der Waals surface area (Å²) >= 11 is 0. The zero-order valence-electron chi connectivity index (χ0n) is 48.5. The molecule has 0 fully saturated rings. The molecule has 0 amide bonds. The van der Waals surface area contributed by atoms with Crippen molar-refractivity contribution >= 4 is 17.9 Å². The fourth-order valence-electron chi connectivity index (χ4n) is 10.2. The minimum Gasteiger partial charge on any atom is -0.462 e. The van der Waals surface area contributed by atoms with Crippen molar-refractivity contribution in [3.63, 3.8) is 0 Å². The third kappa shape index (κ3) is 59.2. The van der Waals surface area contributed by atoms with Crippen LogP contribution in [0.15, 0.2) is 0 Å². The summed E-state index contributed by atoms with van der Waals surface area (Å²) in [6, 6.07) is 0. The van der Waals surface area contributed by atoms with Gasteiger partial charge in [0, 0.05) is 19.3 Å². The number of carbonyl (C=O) groups is 3. The van der Waals surface area contributed by atoms with Crippen molar-refractivity contribution in [1.82, 2.24) is 0 Å². The standard InChI is InChI=1S/C65H126O6/c1-4-7-10-13-15-17-19-21-23-25-27-29-31-33-35-37-39-41-43-45-47-49-52-55-58-64(67)70-61-62(60-69-63(66)57-54-51-12-9-6-3)71-65(68)59-56-53-50-48-46-44-42-40-38-36-34-32-30-28-26-24-22-20-18-16-14-11-8-5-2/h62H,4-61H2,1-3H3. The third-order valence-electron chi connectivity index (χ3n) is 15.1. The Morgan fingerprint density at radius 1 is 0.225 bits per heavy atom. The average Bonchev–Trinajstić information content (AvgIpc) is 3.37. The molecule has 1 unspecified atom stereocenters. The molecule has 422 valence electrons. The van der Waals surface area contributed by atoms with Crippen molar-refractivity contribution < 1.29 is 28.6 Å². The van der Waals surface area contributed by atoms with Crippen LogP contribution < -0.4 is 0 Å². The number of carbonyl (C=O) groups excluding carboxylic acids is 3. The minimum absolute atomic E-state index is 0.0623. The van der Waals surface area contributed by atoms with Gasteiger partial charge in [0.05, 0.1) is 0 Å². The van der Waals surface area contributed by atoms with E-state index >= 15 is 0 Å². The Bertz CT molecular complexity index is 1060. The van der Waals surface area contributed by atoms with E-state index in [0.29, 0.717) is 19.3 Å². The van der Waals surface area contributed by atoms with Crippen molar-refractivity contribution in [3.8, 4) is 0 Å². The van der Waals surface area contributed by atoms with Gasteiger partial charge in [-0.25, -0.2) is 0 Å². The molecule has 1 atom stereocenters.